The number of hydrogen-bond acceptors (Lipinski definition) is 52. The first-order chi connectivity index (χ1) is 63.1. The Morgan fingerprint density at radius 1 is 0.231 bits per heavy atom. The number of phenolic OH excluding ortho intramolecular Hbond substituents is 29. The molecule has 0 amide bonds. The smallest absolute Gasteiger partial charge is 0.343 e. The van der Waals surface area contributed by atoms with Gasteiger partial charge in [-0.05, 0) is 66.7 Å². The Kier molecular flexibility index (Phi) is 20.9. The molecule has 52 heteroatoms. The summed E-state index contributed by atoms with van der Waals surface area (Å²) in [5, 5.41) is 324. The number of esters is 10. The van der Waals surface area contributed by atoms with Crippen molar-refractivity contribution in [1.29, 1.82) is 0 Å². The number of ether oxygens (including phenoxy) is 13. The van der Waals surface area contributed by atoms with E-state index in [9.17, 15) is 162 Å². The van der Waals surface area contributed by atoms with Crippen LogP contribution < -0.4 is 4.74 Å². The lowest BCUT2D eigenvalue weighted by Gasteiger charge is -2.44. The molecule has 0 saturated carbocycles. The molecule has 16 rings (SSSR count). The van der Waals surface area contributed by atoms with Crippen molar-refractivity contribution in [3.63, 3.8) is 0 Å². The highest BCUT2D eigenvalue weighted by Crippen LogP contribution is 2.62. The molecule has 0 radical (unpaired) electrons. The standard InChI is InChI=1S/C82H54O52/c83-23-1-14(2-24(84)45(23)93)71(112)133-81-69-68(130-77(118)21-10-31(91)50(98)57(105)39(21)40-22(78(119)131-69)11-32(92)51(99)58(40)106)65-35(126-81)13-123-74(115)19-8-29(89)52(100)59(107)41(19)43-44(80(121)128-65)66(63(111)62(110)61(43)109)124-33-4-15(3-25(85)46(33)94)72(113)134-82-70-67(129-75(116)17-6-27(87)47(95)54(102)36(17)16-5-26(86)53(101)60(108)42(16)79(120)132-70)64-34(125-82)12-122-73(114)18-7-28(88)48(96)55(103)37(18)38-20(76(117)127-64)9-30(90)49(97)56(38)104/h1-11,34-35,64-65,67-70,81-111H,12-13H2/t34-,35-,64-,65-,67+,68+,69-,70-,81+,82+/m1/s1. The van der Waals surface area contributed by atoms with E-state index in [0.717, 1.165) is 0 Å². The molecule has 29 N–H and O–H groups in total. The fourth-order valence-electron chi connectivity index (χ4n) is 15.2. The number of cyclic esters (lactones) is 2. The van der Waals surface area contributed by atoms with E-state index >= 15 is 33.6 Å². The second-order valence-electron chi connectivity index (χ2n) is 29.4. The van der Waals surface area contributed by atoms with Gasteiger partial charge in [0.25, 0.3) is 0 Å². The zero-order chi connectivity index (χ0) is 97.2. The zero-order valence-electron chi connectivity index (χ0n) is 65.4. The minimum absolute atomic E-state index is 0.169. The number of rotatable bonds is 6. The fourth-order valence-corrected chi connectivity index (χ4v) is 15.2. The molecule has 10 atom stereocenters. The molecule has 6 aliphatic rings. The van der Waals surface area contributed by atoms with Gasteiger partial charge in [-0.2, -0.15) is 0 Å². The highest BCUT2D eigenvalue weighted by molar-refractivity contribution is 6.14. The van der Waals surface area contributed by atoms with Crippen LogP contribution in [0.1, 0.15) is 104 Å². The lowest BCUT2D eigenvalue weighted by molar-refractivity contribution is -0.283. The van der Waals surface area contributed by atoms with Crippen molar-refractivity contribution in [3.05, 3.63) is 122 Å². The quantitative estimate of drug-likeness (QED) is 0.0641. The molecule has 0 aromatic heterocycles. The van der Waals surface area contributed by atoms with E-state index in [1.807, 2.05) is 0 Å². The molecule has 0 bridgehead atoms. The molecule has 694 valence electrons. The summed E-state index contributed by atoms with van der Waals surface area (Å²) < 4.78 is 74.9. The summed E-state index contributed by atoms with van der Waals surface area (Å²) >= 11 is 0. The zero-order valence-corrected chi connectivity index (χ0v) is 65.4. The van der Waals surface area contributed by atoms with Crippen molar-refractivity contribution < 1.29 is 258 Å². The summed E-state index contributed by atoms with van der Waals surface area (Å²) in [6, 6.07) is 3.11. The van der Waals surface area contributed by atoms with Gasteiger partial charge in [-0.3, -0.25) is 0 Å². The van der Waals surface area contributed by atoms with Gasteiger partial charge in [0.1, 0.15) is 36.5 Å². The van der Waals surface area contributed by atoms with Gasteiger partial charge in [0.15, 0.2) is 145 Å². The normalized spacial score (nSPS) is 20.1. The van der Waals surface area contributed by atoms with E-state index in [2.05, 4.69) is 0 Å². The Morgan fingerprint density at radius 2 is 0.493 bits per heavy atom. The molecule has 134 heavy (non-hydrogen) atoms. The Morgan fingerprint density at radius 3 is 0.866 bits per heavy atom. The molecule has 0 aliphatic carbocycles. The van der Waals surface area contributed by atoms with E-state index in [0.29, 0.717) is 24.3 Å². The van der Waals surface area contributed by atoms with Gasteiger partial charge in [0, 0.05) is 38.9 Å². The van der Waals surface area contributed by atoms with E-state index in [1.165, 1.54) is 0 Å². The van der Waals surface area contributed by atoms with Crippen molar-refractivity contribution in [2.45, 2.75) is 61.4 Å². The predicted octanol–water partition coefficient (Wildman–Crippen LogP) is 3.69. The number of carbonyl (C=O) groups excluding carboxylic acids is 10. The second kappa shape index (κ2) is 31.7. The fraction of sp³-hybridized carbons (Fsp3) is 0.146. The first-order valence-electron chi connectivity index (χ1n) is 37.2. The summed E-state index contributed by atoms with van der Waals surface area (Å²) in [4.78, 5) is 151. The third-order valence-corrected chi connectivity index (χ3v) is 21.6. The van der Waals surface area contributed by atoms with Crippen LogP contribution in [-0.4, -0.2) is 282 Å². The van der Waals surface area contributed by atoms with Crippen molar-refractivity contribution in [2.75, 3.05) is 13.2 Å². The number of phenols is 29. The van der Waals surface area contributed by atoms with Crippen LogP contribution in [0.15, 0.2) is 66.7 Å². The van der Waals surface area contributed by atoms with Gasteiger partial charge in [-0.25, -0.2) is 47.9 Å². The largest absolute Gasteiger partial charge is 0.504 e. The summed E-state index contributed by atoms with van der Waals surface area (Å²) in [6.07, 6.45) is -28.8. The minimum atomic E-state index is -3.07. The van der Waals surface area contributed by atoms with Gasteiger partial charge in [0.2, 0.25) is 82.3 Å². The number of aromatic hydroxyl groups is 29. The van der Waals surface area contributed by atoms with Crippen LogP contribution in [-0.2, 0) is 56.8 Å². The van der Waals surface area contributed by atoms with E-state index in [1.54, 1.807) is 0 Å². The van der Waals surface area contributed by atoms with Gasteiger partial charge < -0.3 is 210 Å². The van der Waals surface area contributed by atoms with E-state index < -0.39 is 413 Å². The maximum Gasteiger partial charge on any atom is 0.343 e. The van der Waals surface area contributed by atoms with Crippen LogP contribution in [0.25, 0.3) is 44.5 Å². The van der Waals surface area contributed by atoms with Crippen LogP contribution >= 0.6 is 0 Å². The molecular weight excluding hydrogens is 1820 g/mol. The SMILES string of the molecule is O=C(O[C@@H]1O[C@@H]2COC(=O)c3cc(O)c(O)c(O)c3-c3c(O)c(O)c(O)c(Oc4cc(C(=O)O[C@@H]5O[C@@H]6COC(=O)c7cc(O)c(O)c(O)c7-c7c(cc(O)c(O)c7O)C(=O)O[C@H]6[C@@H]6OC(=O)c7cc(O)c(O)c(O)c7-c7cc(O)c(O)c(O)c7C(=O)O[C@@H]56)cc(O)c4O)c3C(=O)O[C@H]2[C@@H]2OC(=O)c3cc(O)c(O)c(O)c3-c3c(cc(O)c(O)c3O)C(=O)O[C@@H]12)c1cc(O)c(O)c(O)c1. The first kappa shape index (κ1) is 88.3. The molecule has 2 fully saturated rings. The van der Waals surface area contributed by atoms with Gasteiger partial charge in [0.05, 0.1) is 50.1 Å². The second-order valence-corrected chi connectivity index (χ2v) is 29.4. The Hall–Kier alpha value is -19.2. The molecule has 6 aliphatic heterocycles. The molecule has 10 aromatic carbocycles. The maximum atomic E-state index is 16.1. The van der Waals surface area contributed by atoms with Crippen LogP contribution in [0.5, 0.6) is 178 Å². The number of benzene rings is 10. The number of carbonyl (C=O) groups is 10. The topological polar surface area (TPSA) is 877 Å². The molecule has 10 aromatic rings. The van der Waals surface area contributed by atoms with Crippen molar-refractivity contribution in [1.82, 2.24) is 0 Å². The van der Waals surface area contributed by atoms with Crippen molar-refractivity contribution in [3.8, 4) is 223 Å². The Bertz CT molecular complexity index is 6960. The minimum Gasteiger partial charge on any atom is -0.504 e. The molecule has 6 heterocycles. The molecule has 0 unspecified atom stereocenters. The number of fused-ring (bicyclic) bond motifs is 18. The summed E-state index contributed by atoms with van der Waals surface area (Å²) in [5.41, 5.74) is -24.3. The van der Waals surface area contributed by atoms with Crippen molar-refractivity contribution >= 4 is 59.7 Å². The van der Waals surface area contributed by atoms with Gasteiger partial charge >= 0.3 is 59.7 Å². The maximum absolute atomic E-state index is 16.1. The van der Waals surface area contributed by atoms with E-state index in [-0.39, 0.29) is 42.5 Å². The molecular formula is C82H54O52. The lowest BCUT2D eigenvalue weighted by Crippen LogP contribution is -2.63. The van der Waals surface area contributed by atoms with E-state index in [4.69, 9.17) is 61.6 Å². The highest BCUT2D eigenvalue weighted by Gasteiger charge is 2.59. The lowest BCUT2D eigenvalue weighted by atomic mass is 9.90. The summed E-state index contributed by atoms with van der Waals surface area (Å²) in [6.45, 7) is -3.20. The third kappa shape index (κ3) is 13.9. The van der Waals surface area contributed by atoms with Crippen LogP contribution in [0.3, 0.4) is 0 Å². The van der Waals surface area contributed by atoms with Gasteiger partial charge in [-0.1, -0.05) is 0 Å². The number of hydrogen-bond donors (Lipinski definition) is 29. The van der Waals surface area contributed by atoms with Gasteiger partial charge in [-0.15, -0.1) is 0 Å². The van der Waals surface area contributed by atoms with Crippen LogP contribution in [0.4, 0.5) is 0 Å². The van der Waals surface area contributed by atoms with Crippen LogP contribution in [0, 0.1) is 0 Å². The molecule has 52 nitrogen and oxygen atoms in total. The molecule has 2 saturated heterocycles. The first-order valence-corrected chi connectivity index (χ1v) is 37.2. The highest BCUT2D eigenvalue weighted by atomic mass is 16.8. The average Bonchev–Trinajstić information content (AvgIpc) is 1.57. The van der Waals surface area contributed by atoms with Crippen molar-refractivity contribution in [2.24, 2.45) is 0 Å². The Labute approximate surface area is 734 Å². The third-order valence-electron chi connectivity index (χ3n) is 21.6. The average molecular weight is 1870 g/mol. The summed E-state index contributed by atoms with van der Waals surface area (Å²) in [7, 11) is 0. The predicted molar refractivity (Wildman–Crippen MR) is 413 cm³/mol. The Balaban J connectivity index is 0.849. The monoisotopic (exact) mass is 1870 g/mol. The summed E-state index contributed by atoms with van der Waals surface area (Å²) in [5.74, 6) is -70.4. The van der Waals surface area contributed by atoms with Crippen LogP contribution in [0.2, 0.25) is 0 Å². The molecule has 0 spiro atoms.